The maximum atomic E-state index is 12.8. The zero-order chi connectivity index (χ0) is 16.2. The number of carbonyl (C=O) groups excluding carboxylic acids is 1. The number of hydrogen-bond donors (Lipinski definition) is 1. The highest BCUT2D eigenvalue weighted by atomic mass is 19.4. The lowest BCUT2D eigenvalue weighted by molar-refractivity contribution is -0.137. The van der Waals surface area contributed by atoms with Gasteiger partial charge in [-0.1, -0.05) is 6.92 Å². The number of alkyl halides is 3. The van der Waals surface area contributed by atoms with Crippen molar-refractivity contribution in [2.75, 3.05) is 18.0 Å². The topological polar surface area (TPSA) is 45.2 Å². The summed E-state index contributed by atoms with van der Waals surface area (Å²) in [5, 5.41) is 2.93. The van der Waals surface area contributed by atoms with Crippen molar-refractivity contribution in [3.05, 3.63) is 23.9 Å². The van der Waals surface area contributed by atoms with E-state index in [1.807, 2.05) is 6.92 Å². The molecule has 1 saturated heterocycles. The minimum Gasteiger partial charge on any atom is -0.355 e. The van der Waals surface area contributed by atoms with E-state index >= 15 is 0 Å². The molecule has 4 nitrogen and oxygen atoms in total. The predicted molar refractivity (Wildman–Crippen MR) is 77.5 cm³/mol. The predicted octanol–water partition coefficient (Wildman–Crippen LogP) is 2.99. The summed E-state index contributed by atoms with van der Waals surface area (Å²) < 4.78 is 38.3. The Morgan fingerprint density at radius 2 is 2.27 bits per heavy atom. The molecule has 22 heavy (non-hydrogen) atoms. The van der Waals surface area contributed by atoms with E-state index < -0.39 is 11.7 Å². The fraction of sp³-hybridized carbons (Fsp3) is 0.600. The summed E-state index contributed by atoms with van der Waals surface area (Å²) in [6.45, 7) is 3.07. The molecule has 1 fully saturated rings. The monoisotopic (exact) mass is 315 g/mol. The quantitative estimate of drug-likeness (QED) is 0.929. The Morgan fingerprint density at radius 3 is 2.95 bits per heavy atom. The molecule has 0 unspecified atom stereocenters. The highest BCUT2D eigenvalue weighted by Gasteiger charge is 2.31. The van der Waals surface area contributed by atoms with Gasteiger partial charge in [-0.25, -0.2) is 4.98 Å². The van der Waals surface area contributed by atoms with Crippen LogP contribution in [0.2, 0.25) is 0 Å². The van der Waals surface area contributed by atoms with Crippen LogP contribution in [0, 0.1) is 0 Å². The van der Waals surface area contributed by atoms with Crippen LogP contribution in [0.1, 0.15) is 38.2 Å². The summed E-state index contributed by atoms with van der Waals surface area (Å²) in [5.74, 6) is 0.301. The number of pyridine rings is 1. The molecule has 0 saturated carbocycles. The van der Waals surface area contributed by atoms with E-state index in [9.17, 15) is 18.0 Å². The molecule has 1 aromatic heterocycles. The smallest absolute Gasteiger partial charge is 0.355 e. The zero-order valence-electron chi connectivity index (χ0n) is 12.5. The Balaban J connectivity index is 2.04. The maximum absolute atomic E-state index is 12.8. The van der Waals surface area contributed by atoms with Crippen LogP contribution in [0.3, 0.4) is 0 Å². The molecule has 2 heterocycles. The van der Waals surface area contributed by atoms with E-state index in [1.54, 1.807) is 4.90 Å². The minimum absolute atomic E-state index is 0.00801. The molecular formula is C15H20F3N3O. The normalized spacial score (nSPS) is 19.1. The van der Waals surface area contributed by atoms with Gasteiger partial charge in [0.15, 0.2) is 0 Å². The summed E-state index contributed by atoms with van der Waals surface area (Å²) >= 11 is 0. The second-order valence-electron chi connectivity index (χ2n) is 5.50. The van der Waals surface area contributed by atoms with Gasteiger partial charge >= 0.3 is 6.18 Å². The van der Waals surface area contributed by atoms with Gasteiger partial charge in [0.05, 0.1) is 5.56 Å². The van der Waals surface area contributed by atoms with Gasteiger partial charge in [0.2, 0.25) is 5.91 Å². The van der Waals surface area contributed by atoms with Crippen molar-refractivity contribution in [3.8, 4) is 0 Å². The van der Waals surface area contributed by atoms with Crippen LogP contribution in [-0.2, 0) is 11.0 Å². The number of anilines is 1. The van der Waals surface area contributed by atoms with Gasteiger partial charge < -0.3 is 10.2 Å². The molecule has 1 aromatic rings. The van der Waals surface area contributed by atoms with Gasteiger partial charge in [-0.15, -0.1) is 0 Å². The number of nitrogens with one attached hydrogen (secondary N) is 1. The summed E-state index contributed by atoms with van der Waals surface area (Å²) in [6, 6.07) is 1.99. The Morgan fingerprint density at radius 1 is 1.50 bits per heavy atom. The first kappa shape index (κ1) is 16.6. The molecule has 0 aromatic carbocycles. The number of rotatable bonds is 4. The van der Waals surface area contributed by atoms with Crippen LogP contribution < -0.4 is 10.2 Å². The van der Waals surface area contributed by atoms with Gasteiger partial charge in [-0.05, 0) is 31.4 Å². The Labute approximate surface area is 127 Å². The molecule has 1 atom stereocenters. The van der Waals surface area contributed by atoms with Crippen molar-refractivity contribution in [1.82, 2.24) is 10.3 Å². The first-order chi connectivity index (χ1) is 10.4. The second kappa shape index (κ2) is 6.98. The van der Waals surface area contributed by atoms with E-state index in [0.717, 1.165) is 31.4 Å². The standard InChI is InChI=1S/C15H20F3N3O/c1-2-4-14(22)20-12-5-3-8-21(10-12)13-9-11(6-7-19-13)15(16,17)18/h6-7,9,12H,2-5,8,10H2,1H3,(H,20,22)/t12-/m1/s1. The lowest BCUT2D eigenvalue weighted by Gasteiger charge is -2.34. The molecule has 1 aliphatic rings. The molecule has 0 radical (unpaired) electrons. The Hall–Kier alpha value is -1.79. The van der Waals surface area contributed by atoms with Crippen LogP contribution in [0.15, 0.2) is 18.3 Å². The van der Waals surface area contributed by atoms with Gasteiger partial charge in [0.25, 0.3) is 0 Å². The van der Waals surface area contributed by atoms with Crippen LogP contribution >= 0.6 is 0 Å². The molecule has 2 rings (SSSR count). The number of halogens is 3. The van der Waals surface area contributed by atoms with E-state index in [-0.39, 0.29) is 11.9 Å². The number of amides is 1. The van der Waals surface area contributed by atoms with Crippen molar-refractivity contribution in [2.24, 2.45) is 0 Å². The number of aromatic nitrogens is 1. The highest BCUT2D eigenvalue weighted by Crippen LogP contribution is 2.31. The Kier molecular flexibility index (Phi) is 5.26. The van der Waals surface area contributed by atoms with Crippen molar-refractivity contribution in [1.29, 1.82) is 0 Å². The third kappa shape index (κ3) is 4.35. The third-order valence-electron chi connectivity index (χ3n) is 3.66. The maximum Gasteiger partial charge on any atom is 0.416 e. The molecule has 1 aliphatic heterocycles. The highest BCUT2D eigenvalue weighted by molar-refractivity contribution is 5.76. The molecular weight excluding hydrogens is 295 g/mol. The first-order valence-corrected chi connectivity index (χ1v) is 7.47. The number of piperidine rings is 1. The van der Waals surface area contributed by atoms with Crippen LogP contribution in [0.5, 0.6) is 0 Å². The first-order valence-electron chi connectivity index (χ1n) is 7.47. The van der Waals surface area contributed by atoms with E-state index in [4.69, 9.17) is 0 Å². The summed E-state index contributed by atoms with van der Waals surface area (Å²) in [4.78, 5) is 17.5. The van der Waals surface area contributed by atoms with Gasteiger partial charge in [-0.2, -0.15) is 13.2 Å². The molecule has 7 heteroatoms. The van der Waals surface area contributed by atoms with Gasteiger partial charge in [0, 0.05) is 31.7 Å². The fourth-order valence-corrected chi connectivity index (χ4v) is 2.60. The largest absolute Gasteiger partial charge is 0.416 e. The summed E-state index contributed by atoms with van der Waals surface area (Å²) in [7, 11) is 0. The van der Waals surface area contributed by atoms with E-state index in [0.29, 0.717) is 25.3 Å². The van der Waals surface area contributed by atoms with Crippen molar-refractivity contribution in [2.45, 2.75) is 44.8 Å². The number of hydrogen-bond acceptors (Lipinski definition) is 3. The third-order valence-corrected chi connectivity index (χ3v) is 3.66. The molecule has 0 bridgehead atoms. The average Bonchev–Trinajstić information content (AvgIpc) is 2.47. The van der Waals surface area contributed by atoms with E-state index in [1.165, 1.54) is 6.20 Å². The zero-order valence-corrected chi connectivity index (χ0v) is 12.5. The van der Waals surface area contributed by atoms with Gasteiger partial charge in [-0.3, -0.25) is 4.79 Å². The second-order valence-corrected chi connectivity index (χ2v) is 5.50. The molecule has 0 spiro atoms. The lowest BCUT2D eigenvalue weighted by Crippen LogP contribution is -2.48. The van der Waals surface area contributed by atoms with Crippen LogP contribution in [-0.4, -0.2) is 30.0 Å². The fourth-order valence-electron chi connectivity index (χ4n) is 2.60. The molecule has 1 amide bonds. The summed E-state index contributed by atoms with van der Waals surface area (Å²) in [5.41, 5.74) is -0.699. The van der Waals surface area contributed by atoms with Crippen LogP contribution in [0.4, 0.5) is 19.0 Å². The van der Waals surface area contributed by atoms with Gasteiger partial charge in [0.1, 0.15) is 5.82 Å². The number of carbonyl (C=O) groups is 1. The van der Waals surface area contributed by atoms with Crippen molar-refractivity contribution in [3.63, 3.8) is 0 Å². The van der Waals surface area contributed by atoms with Crippen LogP contribution in [0.25, 0.3) is 0 Å². The van der Waals surface area contributed by atoms with Crippen molar-refractivity contribution >= 4 is 11.7 Å². The van der Waals surface area contributed by atoms with E-state index in [2.05, 4.69) is 10.3 Å². The number of nitrogens with zero attached hydrogens (tertiary/aromatic N) is 2. The van der Waals surface area contributed by atoms with Crippen molar-refractivity contribution < 1.29 is 18.0 Å². The average molecular weight is 315 g/mol. The summed E-state index contributed by atoms with van der Waals surface area (Å²) in [6.07, 6.45) is -0.296. The molecule has 1 N–H and O–H groups in total. The minimum atomic E-state index is -4.37. The SMILES string of the molecule is CCCC(=O)N[C@@H]1CCCN(c2cc(C(F)(F)F)ccn2)C1. The Bertz CT molecular complexity index is 519. The molecule has 122 valence electrons. The molecule has 0 aliphatic carbocycles. The lowest BCUT2D eigenvalue weighted by atomic mass is 10.1.